The summed E-state index contributed by atoms with van der Waals surface area (Å²) in [7, 11) is 0. The summed E-state index contributed by atoms with van der Waals surface area (Å²) in [4.78, 5) is 42.6. The summed E-state index contributed by atoms with van der Waals surface area (Å²) in [6, 6.07) is 0. The Kier molecular flexibility index (Phi) is 4.92. The van der Waals surface area contributed by atoms with E-state index in [0.717, 1.165) is 4.90 Å². The third-order valence-electron chi connectivity index (χ3n) is 2.24. The average Bonchev–Trinajstić information content (AvgIpc) is 2.37. The number of amides is 2. The molecule has 0 spiro atoms. The molecule has 0 unspecified atom stereocenters. The standard InChI is InChI=1S/C11H14N4O4/c1-2-5-15(6-7(16)17)11(19)9-8(10(12)18)13-3-4-14-9/h3-4H,2,5-6H2,1H3,(H2,12,18)(H,16,17). The van der Waals surface area contributed by atoms with Crippen LogP contribution in [0, 0.1) is 0 Å². The lowest BCUT2D eigenvalue weighted by Crippen LogP contribution is -2.38. The van der Waals surface area contributed by atoms with Gasteiger partial charge < -0.3 is 15.7 Å². The first-order chi connectivity index (χ1) is 8.97. The van der Waals surface area contributed by atoms with Crippen molar-refractivity contribution in [3.05, 3.63) is 23.8 Å². The minimum Gasteiger partial charge on any atom is -0.480 e. The minimum absolute atomic E-state index is 0.232. The van der Waals surface area contributed by atoms with Crippen molar-refractivity contribution in [1.29, 1.82) is 0 Å². The number of carboxylic acids is 1. The second-order valence-corrected chi connectivity index (χ2v) is 3.74. The number of hydrogen-bond acceptors (Lipinski definition) is 5. The fourth-order valence-electron chi connectivity index (χ4n) is 1.51. The predicted molar refractivity (Wildman–Crippen MR) is 64.4 cm³/mol. The lowest BCUT2D eigenvalue weighted by molar-refractivity contribution is -0.137. The van der Waals surface area contributed by atoms with Crippen LogP contribution in [-0.2, 0) is 4.79 Å². The molecule has 1 rings (SSSR count). The maximum absolute atomic E-state index is 12.1. The zero-order valence-corrected chi connectivity index (χ0v) is 10.4. The number of carboxylic acid groups (broad SMARTS) is 1. The van der Waals surface area contributed by atoms with E-state index in [9.17, 15) is 14.4 Å². The van der Waals surface area contributed by atoms with Crippen LogP contribution in [0.1, 0.15) is 34.3 Å². The van der Waals surface area contributed by atoms with Gasteiger partial charge in [-0.2, -0.15) is 0 Å². The normalized spacial score (nSPS) is 9.95. The molecular weight excluding hydrogens is 252 g/mol. The van der Waals surface area contributed by atoms with Crippen LogP contribution in [0.5, 0.6) is 0 Å². The van der Waals surface area contributed by atoms with E-state index in [0.29, 0.717) is 6.42 Å². The van der Waals surface area contributed by atoms with Crippen molar-refractivity contribution in [1.82, 2.24) is 14.9 Å². The molecule has 8 heteroatoms. The fourth-order valence-corrected chi connectivity index (χ4v) is 1.51. The van der Waals surface area contributed by atoms with Crippen molar-refractivity contribution in [2.75, 3.05) is 13.1 Å². The van der Waals surface area contributed by atoms with Crippen molar-refractivity contribution in [2.24, 2.45) is 5.73 Å². The molecule has 0 saturated carbocycles. The van der Waals surface area contributed by atoms with E-state index in [2.05, 4.69) is 9.97 Å². The predicted octanol–water partition coefficient (Wildman–Crippen LogP) is -0.488. The van der Waals surface area contributed by atoms with Crippen LogP contribution >= 0.6 is 0 Å². The van der Waals surface area contributed by atoms with Crippen LogP contribution in [0.25, 0.3) is 0 Å². The second kappa shape index (κ2) is 6.43. The van der Waals surface area contributed by atoms with Gasteiger partial charge in [0.25, 0.3) is 11.8 Å². The van der Waals surface area contributed by atoms with E-state index < -0.39 is 24.3 Å². The Morgan fingerprint density at radius 1 is 1.26 bits per heavy atom. The Labute approximate surface area is 109 Å². The minimum atomic E-state index is -1.15. The molecule has 0 aliphatic rings. The number of carbonyl (C=O) groups excluding carboxylic acids is 2. The summed E-state index contributed by atoms with van der Waals surface area (Å²) in [6.07, 6.45) is 3.05. The maximum Gasteiger partial charge on any atom is 0.323 e. The molecular formula is C11H14N4O4. The summed E-state index contributed by atoms with van der Waals surface area (Å²) in [5, 5.41) is 8.76. The molecule has 0 aromatic carbocycles. The van der Waals surface area contributed by atoms with Crippen molar-refractivity contribution < 1.29 is 19.5 Å². The first-order valence-corrected chi connectivity index (χ1v) is 5.59. The monoisotopic (exact) mass is 266 g/mol. The van der Waals surface area contributed by atoms with Crippen molar-refractivity contribution in [2.45, 2.75) is 13.3 Å². The molecule has 1 aromatic heterocycles. The van der Waals surface area contributed by atoms with Gasteiger partial charge >= 0.3 is 5.97 Å². The van der Waals surface area contributed by atoms with Gasteiger partial charge in [0.05, 0.1) is 0 Å². The van der Waals surface area contributed by atoms with E-state index in [-0.39, 0.29) is 17.9 Å². The topological polar surface area (TPSA) is 126 Å². The largest absolute Gasteiger partial charge is 0.480 e. The molecule has 102 valence electrons. The van der Waals surface area contributed by atoms with Crippen LogP contribution in [0.15, 0.2) is 12.4 Å². The highest BCUT2D eigenvalue weighted by molar-refractivity contribution is 6.04. The summed E-state index contributed by atoms with van der Waals surface area (Å²) in [5.41, 5.74) is 4.60. The molecule has 0 saturated heterocycles. The van der Waals surface area contributed by atoms with Crippen molar-refractivity contribution in [3.8, 4) is 0 Å². The molecule has 0 fully saturated rings. The summed E-state index contributed by atoms with van der Waals surface area (Å²) in [6.45, 7) is 1.56. The first kappa shape index (κ1) is 14.6. The molecule has 0 aliphatic carbocycles. The molecule has 2 amide bonds. The molecule has 1 heterocycles. The highest BCUT2D eigenvalue weighted by atomic mass is 16.4. The number of carbonyl (C=O) groups is 3. The number of nitrogens with zero attached hydrogens (tertiary/aromatic N) is 3. The number of hydrogen-bond donors (Lipinski definition) is 2. The molecule has 0 radical (unpaired) electrons. The van der Waals surface area contributed by atoms with Gasteiger partial charge in [0.15, 0.2) is 11.4 Å². The third-order valence-corrected chi connectivity index (χ3v) is 2.24. The van der Waals surface area contributed by atoms with Gasteiger partial charge in [-0.1, -0.05) is 6.92 Å². The van der Waals surface area contributed by atoms with Crippen LogP contribution in [-0.4, -0.2) is 50.8 Å². The Morgan fingerprint density at radius 3 is 2.32 bits per heavy atom. The zero-order chi connectivity index (χ0) is 14.4. The Morgan fingerprint density at radius 2 is 1.84 bits per heavy atom. The molecule has 1 aromatic rings. The van der Waals surface area contributed by atoms with E-state index in [4.69, 9.17) is 10.8 Å². The van der Waals surface area contributed by atoms with E-state index in [1.807, 2.05) is 0 Å². The van der Waals surface area contributed by atoms with Gasteiger partial charge in [0, 0.05) is 18.9 Å². The van der Waals surface area contributed by atoms with Crippen molar-refractivity contribution in [3.63, 3.8) is 0 Å². The Bertz CT molecular complexity index is 503. The van der Waals surface area contributed by atoms with Crippen LogP contribution < -0.4 is 5.73 Å². The van der Waals surface area contributed by atoms with Crippen LogP contribution in [0.4, 0.5) is 0 Å². The maximum atomic E-state index is 12.1. The highest BCUT2D eigenvalue weighted by Crippen LogP contribution is 2.06. The number of nitrogens with two attached hydrogens (primary N) is 1. The number of aromatic nitrogens is 2. The quantitative estimate of drug-likeness (QED) is 0.715. The van der Waals surface area contributed by atoms with Gasteiger partial charge in [-0.25, -0.2) is 9.97 Å². The van der Waals surface area contributed by atoms with Gasteiger partial charge in [-0.15, -0.1) is 0 Å². The Balaban J connectivity index is 3.08. The van der Waals surface area contributed by atoms with Gasteiger partial charge in [-0.05, 0) is 6.42 Å². The second-order valence-electron chi connectivity index (χ2n) is 3.74. The Hall–Kier alpha value is -2.51. The van der Waals surface area contributed by atoms with Gasteiger partial charge in [-0.3, -0.25) is 14.4 Å². The van der Waals surface area contributed by atoms with Crippen LogP contribution in [0.3, 0.4) is 0 Å². The first-order valence-electron chi connectivity index (χ1n) is 5.59. The zero-order valence-electron chi connectivity index (χ0n) is 10.4. The van der Waals surface area contributed by atoms with Crippen LogP contribution in [0.2, 0.25) is 0 Å². The van der Waals surface area contributed by atoms with Gasteiger partial charge in [0.1, 0.15) is 6.54 Å². The smallest absolute Gasteiger partial charge is 0.323 e. The van der Waals surface area contributed by atoms with Crippen molar-refractivity contribution >= 4 is 17.8 Å². The lowest BCUT2D eigenvalue weighted by Gasteiger charge is -2.19. The highest BCUT2D eigenvalue weighted by Gasteiger charge is 2.24. The molecule has 8 nitrogen and oxygen atoms in total. The molecule has 0 aliphatic heterocycles. The van der Waals surface area contributed by atoms with Gasteiger partial charge in [0.2, 0.25) is 0 Å². The SMILES string of the molecule is CCCN(CC(=O)O)C(=O)c1nccnc1C(N)=O. The fraction of sp³-hybridized carbons (Fsp3) is 0.364. The molecule has 0 bridgehead atoms. The summed E-state index contributed by atoms with van der Waals surface area (Å²) >= 11 is 0. The number of primary amides is 1. The molecule has 19 heavy (non-hydrogen) atoms. The van der Waals surface area contributed by atoms with E-state index in [1.165, 1.54) is 12.4 Å². The number of rotatable bonds is 6. The third kappa shape index (κ3) is 3.73. The molecule has 3 N–H and O–H groups in total. The summed E-state index contributed by atoms with van der Waals surface area (Å²) in [5.74, 6) is -2.71. The lowest BCUT2D eigenvalue weighted by atomic mass is 10.2. The molecule has 0 atom stereocenters. The average molecular weight is 266 g/mol. The summed E-state index contributed by atoms with van der Waals surface area (Å²) < 4.78 is 0. The van der Waals surface area contributed by atoms with E-state index in [1.54, 1.807) is 6.92 Å². The number of aliphatic carboxylic acids is 1. The van der Waals surface area contributed by atoms with E-state index >= 15 is 0 Å².